The van der Waals surface area contributed by atoms with Gasteiger partial charge in [0.2, 0.25) is 5.91 Å². The van der Waals surface area contributed by atoms with Crippen molar-refractivity contribution in [2.45, 2.75) is 31.5 Å². The molecule has 2 aromatic carbocycles. The molecule has 1 saturated heterocycles. The second-order valence-electron chi connectivity index (χ2n) is 8.34. The number of nitrogens with one attached hydrogen (secondary N) is 2. The van der Waals surface area contributed by atoms with Crippen molar-refractivity contribution in [3.05, 3.63) is 65.7 Å². The van der Waals surface area contributed by atoms with Crippen molar-refractivity contribution in [1.82, 2.24) is 9.71 Å². The van der Waals surface area contributed by atoms with E-state index in [-0.39, 0.29) is 12.3 Å². The zero-order chi connectivity index (χ0) is 25.2. The summed E-state index contributed by atoms with van der Waals surface area (Å²) in [6, 6.07) is 13.2. The van der Waals surface area contributed by atoms with Crippen LogP contribution in [0.3, 0.4) is 0 Å². The Morgan fingerprint density at radius 2 is 1.86 bits per heavy atom. The molecule has 186 valence electrons. The van der Waals surface area contributed by atoms with Gasteiger partial charge < -0.3 is 10.2 Å². The average Bonchev–Trinajstić information content (AvgIpc) is 3.24. The van der Waals surface area contributed by atoms with E-state index in [0.29, 0.717) is 48.5 Å². The Balaban J connectivity index is 1.34. The van der Waals surface area contributed by atoms with E-state index in [0.717, 1.165) is 17.5 Å². The highest BCUT2D eigenvalue weighted by Crippen LogP contribution is 2.29. The summed E-state index contributed by atoms with van der Waals surface area (Å²) in [4.78, 5) is 18.8. The van der Waals surface area contributed by atoms with Gasteiger partial charge in [-0.3, -0.25) is 9.35 Å². The molecule has 0 radical (unpaired) electrons. The molecule has 2 heterocycles. The summed E-state index contributed by atoms with van der Waals surface area (Å²) in [6.45, 7) is 0.962. The molecular weight excluding hydrogens is 485 g/mol. The maximum Gasteiger partial charge on any atom is 0.416 e. The smallest absolute Gasteiger partial charge is 0.355 e. The van der Waals surface area contributed by atoms with Crippen LogP contribution in [0.5, 0.6) is 0 Å². The minimum Gasteiger partial charge on any atom is -0.355 e. The number of hydrogen-bond acceptors (Lipinski definition) is 5. The number of fused-ring (bicyclic) bond motifs is 1. The SMILES string of the molecule is O=C(CCc1ccc(C(F)(F)F)cc1)Nc1ccc2nc(N3CCC(NS(=O)(=O)O)C3)ccc2c1. The van der Waals surface area contributed by atoms with Crippen LogP contribution in [0.1, 0.15) is 24.0 Å². The van der Waals surface area contributed by atoms with E-state index >= 15 is 0 Å². The number of aryl methyl sites for hydroxylation is 1. The molecule has 35 heavy (non-hydrogen) atoms. The summed E-state index contributed by atoms with van der Waals surface area (Å²) in [6.07, 6.45) is -3.42. The highest BCUT2D eigenvalue weighted by atomic mass is 32.2. The molecule has 4 rings (SSSR count). The zero-order valence-corrected chi connectivity index (χ0v) is 19.2. The van der Waals surface area contributed by atoms with E-state index in [9.17, 15) is 26.4 Å². The van der Waals surface area contributed by atoms with Crippen LogP contribution in [-0.2, 0) is 27.7 Å². The molecule has 0 bridgehead atoms. The first kappa shape index (κ1) is 24.9. The maximum atomic E-state index is 12.7. The maximum absolute atomic E-state index is 12.7. The molecule has 0 saturated carbocycles. The van der Waals surface area contributed by atoms with Crippen molar-refractivity contribution in [3.8, 4) is 0 Å². The van der Waals surface area contributed by atoms with Crippen LogP contribution < -0.4 is 14.9 Å². The van der Waals surface area contributed by atoms with Crippen molar-refractivity contribution in [3.63, 3.8) is 0 Å². The predicted octanol–water partition coefficient (Wildman–Crippen LogP) is 3.80. The second kappa shape index (κ2) is 9.80. The normalized spacial score (nSPS) is 16.6. The summed E-state index contributed by atoms with van der Waals surface area (Å²) < 4.78 is 71.1. The number of hydrogen-bond donors (Lipinski definition) is 3. The Morgan fingerprint density at radius 3 is 2.54 bits per heavy atom. The van der Waals surface area contributed by atoms with Gasteiger partial charge in [-0.05, 0) is 60.9 Å². The zero-order valence-electron chi connectivity index (χ0n) is 18.4. The molecule has 1 unspecified atom stereocenters. The standard InChI is InChI=1S/C23H23F3N4O4S/c24-23(25,26)17-5-1-15(2-6-17)3-10-22(31)27-18-7-8-20-16(13-18)4-9-21(28-20)30-12-11-19(14-30)29-35(32,33)34/h1-2,4-9,13,19,29H,3,10-12,14H2,(H,27,31)(H,32,33,34). The molecule has 0 spiro atoms. The van der Waals surface area contributed by atoms with Crippen molar-refractivity contribution in [1.29, 1.82) is 0 Å². The number of alkyl halides is 3. The van der Waals surface area contributed by atoms with Crippen LogP contribution in [0, 0.1) is 0 Å². The van der Waals surface area contributed by atoms with Crippen LogP contribution in [0.15, 0.2) is 54.6 Å². The third kappa shape index (κ3) is 6.68. The van der Waals surface area contributed by atoms with Gasteiger partial charge in [0.1, 0.15) is 5.82 Å². The number of halogens is 3. The molecule has 1 atom stereocenters. The van der Waals surface area contributed by atoms with Gasteiger partial charge in [0, 0.05) is 36.6 Å². The van der Waals surface area contributed by atoms with Crippen LogP contribution in [0.4, 0.5) is 24.7 Å². The minimum absolute atomic E-state index is 0.119. The Morgan fingerprint density at radius 1 is 1.11 bits per heavy atom. The van der Waals surface area contributed by atoms with Crippen molar-refractivity contribution >= 4 is 38.6 Å². The van der Waals surface area contributed by atoms with Crippen LogP contribution in [-0.4, -0.2) is 43.0 Å². The Kier molecular flexibility index (Phi) is 6.97. The lowest BCUT2D eigenvalue weighted by molar-refractivity contribution is -0.137. The molecule has 3 N–H and O–H groups in total. The Hall–Kier alpha value is -3.22. The molecule has 1 fully saturated rings. The van der Waals surface area contributed by atoms with E-state index in [4.69, 9.17) is 4.55 Å². The largest absolute Gasteiger partial charge is 0.416 e. The van der Waals surface area contributed by atoms with Crippen molar-refractivity contribution in [2.75, 3.05) is 23.3 Å². The van der Waals surface area contributed by atoms with Gasteiger partial charge in [0.15, 0.2) is 0 Å². The fourth-order valence-corrected chi connectivity index (χ4v) is 4.60. The molecule has 1 aromatic heterocycles. The first-order chi connectivity index (χ1) is 16.5. The number of benzene rings is 2. The molecule has 1 aliphatic heterocycles. The summed E-state index contributed by atoms with van der Waals surface area (Å²) in [5, 5.41) is 3.58. The van der Waals surface area contributed by atoms with E-state index in [1.54, 1.807) is 24.3 Å². The molecule has 0 aliphatic carbocycles. The van der Waals surface area contributed by atoms with Crippen molar-refractivity contribution < 1.29 is 30.9 Å². The highest BCUT2D eigenvalue weighted by molar-refractivity contribution is 7.83. The lowest BCUT2D eigenvalue weighted by Crippen LogP contribution is -2.36. The molecule has 3 aromatic rings. The van der Waals surface area contributed by atoms with Gasteiger partial charge in [-0.15, -0.1) is 0 Å². The van der Waals surface area contributed by atoms with Gasteiger partial charge >= 0.3 is 16.5 Å². The molecule has 8 nitrogen and oxygen atoms in total. The number of nitrogens with zero attached hydrogens (tertiary/aromatic N) is 2. The number of anilines is 2. The second-order valence-corrected chi connectivity index (χ2v) is 9.53. The number of carbonyl (C=O) groups is 1. The third-order valence-electron chi connectivity index (χ3n) is 5.71. The molecule has 12 heteroatoms. The van der Waals surface area contributed by atoms with E-state index in [1.807, 2.05) is 11.0 Å². The van der Waals surface area contributed by atoms with Crippen LogP contribution in [0.2, 0.25) is 0 Å². The number of rotatable bonds is 7. The number of amides is 1. The van der Waals surface area contributed by atoms with Crippen LogP contribution >= 0.6 is 0 Å². The van der Waals surface area contributed by atoms with Crippen LogP contribution in [0.25, 0.3) is 10.9 Å². The Labute approximate surface area is 200 Å². The summed E-state index contributed by atoms with van der Waals surface area (Å²) in [7, 11) is -4.26. The topological polar surface area (TPSA) is 112 Å². The molecule has 1 aliphatic rings. The quantitative estimate of drug-likeness (QED) is 0.419. The number of carbonyl (C=O) groups excluding carboxylic acids is 1. The Bertz CT molecular complexity index is 1330. The van der Waals surface area contributed by atoms with E-state index in [2.05, 4.69) is 15.0 Å². The summed E-state index contributed by atoms with van der Waals surface area (Å²) in [5.74, 6) is 0.411. The van der Waals surface area contributed by atoms with E-state index < -0.39 is 28.1 Å². The van der Waals surface area contributed by atoms with Gasteiger partial charge in [0.25, 0.3) is 0 Å². The fraction of sp³-hybridized carbons (Fsp3) is 0.304. The van der Waals surface area contributed by atoms with Gasteiger partial charge in [-0.25, -0.2) is 4.98 Å². The number of pyridine rings is 1. The summed E-state index contributed by atoms with van der Waals surface area (Å²) in [5.41, 5.74) is 1.18. The average molecular weight is 509 g/mol. The number of aromatic nitrogens is 1. The monoisotopic (exact) mass is 508 g/mol. The lowest BCUT2D eigenvalue weighted by Gasteiger charge is -2.18. The predicted molar refractivity (Wildman–Crippen MR) is 125 cm³/mol. The van der Waals surface area contributed by atoms with Gasteiger partial charge in [0.05, 0.1) is 11.1 Å². The highest BCUT2D eigenvalue weighted by Gasteiger charge is 2.30. The van der Waals surface area contributed by atoms with Gasteiger partial charge in [-0.2, -0.15) is 26.3 Å². The first-order valence-electron chi connectivity index (χ1n) is 10.8. The third-order valence-corrected chi connectivity index (χ3v) is 6.34. The van der Waals surface area contributed by atoms with Gasteiger partial charge in [-0.1, -0.05) is 12.1 Å². The molecule has 1 amide bonds. The molecular formula is C23H23F3N4O4S. The fourth-order valence-electron chi connectivity index (χ4n) is 3.99. The summed E-state index contributed by atoms with van der Waals surface area (Å²) >= 11 is 0. The van der Waals surface area contributed by atoms with Crippen molar-refractivity contribution in [2.24, 2.45) is 0 Å². The minimum atomic E-state index is -4.39. The lowest BCUT2D eigenvalue weighted by atomic mass is 10.1. The van der Waals surface area contributed by atoms with E-state index in [1.165, 1.54) is 12.1 Å². The first-order valence-corrected chi connectivity index (χ1v) is 12.3.